The predicted octanol–water partition coefficient (Wildman–Crippen LogP) is 1.59. The van der Waals surface area contributed by atoms with E-state index in [-0.39, 0.29) is 12.6 Å². The van der Waals surface area contributed by atoms with Crippen LogP contribution in [0.3, 0.4) is 0 Å². The zero-order valence-electron chi connectivity index (χ0n) is 12.0. The Hall–Kier alpha value is -1.57. The van der Waals surface area contributed by atoms with E-state index in [1.54, 1.807) is 0 Å². The maximum absolute atomic E-state index is 11.1. The van der Waals surface area contributed by atoms with Gasteiger partial charge in [0.15, 0.2) is 0 Å². The second-order valence-corrected chi connectivity index (χ2v) is 6.27. The molecule has 0 bridgehead atoms. The predicted molar refractivity (Wildman–Crippen MR) is 75.3 cm³/mol. The topological polar surface area (TPSA) is 56.5 Å². The fourth-order valence-corrected chi connectivity index (χ4v) is 3.47. The number of aliphatic hydroxyl groups is 1. The summed E-state index contributed by atoms with van der Waals surface area (Å²) < 4.78 is 5.78. The Morgan fingerprint density at radius 3 is 2.85 bits per heavy atom. The molecule has 4 nitrogen and oxygen atoms in total. The summed E-state index contributed by atoms with van der Waals surface area (Å²) in [6.45, 7) is 2.87. The van der Waals surface area contributed by atoms with Crippen molar-refractivity contribution in [2.75, 3.05) is 20.2 Å². The van der Waals surface area contributed by atoms with Gasteiger partial charge in [-0.15, -0.1) is 0 Å². The van der Waals surface area contributed by atoms with Crippen LogP contribution in [-0.2, 0) is 6.42 Å². The summed E-state index contributed by atoms with van der Waals surface area (Å²) in [6, 6.07) is 10.4. The number of likely N-dealkylation sites (N-methyl/N-ethyl adjacent to an activating group) is 1. The van der Waals surface area contributed by atoms with Crippen LogP contribution in [0.5, 0.6) is 5.75 Å². The summed E-state index contributed by atoms with van der Waals surface area (Å²) in [6.07, 6.45) is 1.17. The smallest absolute Gasteiger partial charge is 0.125 e. The molecular weight excluding hydrogens is 252 g/mol. The number of para-hydroxylation sites is 1. The molecular formula is C16H20N2O2. The van der Waals surface area contributed by atoms with Gasteiger partial charge in [0.1, 0.15) is 23.4 Å². The summed E-state index contributed by atoms with van der Waals surface area (Å²) in [5.74, 6) is 0.835. The van der Waals surface area contributed by atoms with E-state index >= 15 is 0 Å². The molecule has 1 fully saturated rings. The molecule has 2 heterocycles. The number of hydrogen-bond acceptors (Lipinski definition) is 4. The van der Waals surface area contributed by atoms with Gasteiger partial charge in [-0.2, -0.15) is 5.26 Å². The number of nitrogens with zero attached hydrogens (tertiary/aromatic N) is 2. The lowest BCUT2D eigenvalue weighted by atomic mass is 9.67. The molecule has 2 aliphatic rings. The van der Waals surface area contributed by atoms with Crippen molar-refractivity contribution in [1.29, 1.82) is 5.26 Å². The first-order valence-electron chi connectivity index (χ1n) is 7.04. The van der Waals surface area contributed by atoms with Gasteiger partial charge in [-0.05, 0) is 32.0 Å². The Morgan fingerprint density at radius 1 is 1.45 bits per heavy atom. The van der Waals surface area contributed by atoms with E-state index in [9.17, 15) is 10.4 Å². The van der Waals surface area contributed by atoms with E-state index in [2.05, 4.69) is 17.9 Å². The van der Waals surface area contributed by atoms with E-state index in [0.717, 1.165) is 11.3 Å². The van der Waals surface area contributed by atoms with Gasteiger partial charge in [0, 0.05) is 19.0 Å². The minimum Gasteiger partial charge on any atom is -0.492 e. The van der Waals surface area contributed by atoms with E-state index in [4.69, 9.17) is 4.74 Å². The zero-order valence-corrected chi connectivity index (χ0v) is 12.0. The molecule has 0 amide bonds. The number of rotatable bonds is 1. The summed E-state index contributed by atoms with van der Waals surface area (Å²) >= 11 is 0. The first-order valence-corrected chi connectivity index (χ1v) is 7.04. The average molecular weight is 272 g/mol. The highest BCUT2D eigenvalue weighted by Crippen LogP contribution is 2.46. The van der Waals surface area contributed by atoms with E-state index in [0.29, 0.717) is 19.4 Å². The van der Waals surface area contributed by atoms with Gasteiger partial charge >= 0.3 is 0 Å². The Labute approximate surface area is 119 Å². The maximum Gasteiger partial charge on any atom is 0.125 e. The Morgan fingerprint density at radius 2 is 2.20 bits per heavy atom. The third-order valence-corrected chi connectivity index (χ3v) is 4.94. The second kappa shape index (κ2) is 4.47. The summed E-state index contributed by atoms with van der Waals surface area (Å²) in [4.78, 5) is 2.11. The summed E-state index contributed by atoms with van der Waals surface area (Å²) in [5.41, 5.74) is -0.861. The number of nitriles is 1. The first kappa shape index (κ1) is 13.4. The third-order valence-electron chi connectivity index (χ3n) is 4.94. The largest absolute Gasteiger partial charge is 0.492 e. The number of hydrogen-bond donors (Lipinski definition) is 1. The molecule has 1 saturated heterocycles. The fraction of sp³-hybridized carbons (Fsp3) is 0.562. The number of ether oxygens (including phenoxy) is 1. The molecule has 4 heteroatoms. The number of benzene rings is 1. The van der Waals surface area contributed by atoms with Crippen molar-refractivity contribution in [2.24, 2.45) is 5.41 Å². The average Bonchev–Trinajstić information content (AvgIpc) is 2.72. The SMILES string of the molecule is CC1CC(O)(C2(C#N)COc3ccccc3C2)CN1C. The van der Waals surface area contributed by atoms with Crippen molar-refractivity contribution in [2.45, 2.75) is 31.4 Å². The Balaban J connectivity index is 1.97. The molecule has 3 atom stereocenters. The minimum absolute atomic E-state index is 0.261. The highest BCUT2D eigenvalue weighted by Gasteiger charge is 2.57. The van der Waals surface area contributed by atoms with E-state index in [1.807, 2.05) is 31.3 Å². The van der Waals surface area contributed by atoms with Gasteiger partial charge in [-0.25, -0.2) is 0 Å². The molecule has 0 spiro atoms. The highest BCUT2D eigenvalue weighted by atomic mass is 16.5. The van der Waals surface area contributed by atoms with Crippen LogP contribution in [0.4, 0.5) is 0 Å². The summed E-state index contributed by atoms with van der Waals surface area (Å²) in [5, 5.41) is 20.8. The molecule has 1 aromatic carbocycles. The summed E-state index contributed by atoms with van der Waals surface area (Å²) in [7, 11) is 1.99. The fourth-order valence-electron chi connectivity index (χ4n) is 3.47. The van der Waals surface area contributed by atoms with Crippen molar-refractivity contribution in [3.63, 3.8) is 0 Å². The van der Waals surface area contributed by atoms with Crippen LogP contribution >= 0.6 is 0 Å². The lowest BCUT2D eigenvalue weighted by molar-refractivity contribution is -0.0708. The highest BCUT2D eigenvalue weighted by molar-refractivity contribution is 5.39. The molecule has 2 aliphatic heterocycles. The van der Waals surface area contributed by atoms with Crippen LogP contribution in [-0.4, -0.2) is 41.8 Å². The van der Waals surface area contributed by atoms with Crippen LogP contribution in [0, 0.1) is 16.7 Å². The van der Waals surface area contributed by atoms with Crippen molar-refractivity contribution < 1.29 is 9.84 Å². The van der Waals surface area contributed by atoms with Crippen LogP contribution in [0.25, 0.3) is 0 Å². The second-order valence-electron chi connectivity index (χ2n) is 6.27. The Kier molecular flexibility index (Phi) is 3.00. The van der Waals surface area contributed by atoms with Crippen molar-refractivity contribution >= 4 is 0 Å². The lowest BCUT2D eigenvalue weighted by Gasteiger charge is -2.42. The number of β-amino-alcohol motifs (C(OH)–C–C–N with tert-alkyl or cyclic N) is 1. The first-order chi connectivity index (χ1) is 9.50. The number of fused-ring (bicyclic) bond motifs is 1. The lowest BCUT2D eigenvalue weighted by Crippen LogP contribution is -2.55. The van der Waals surface area contributed by atoms with Gasteiger partial charge in [0.05, 0.1) is 6.07 Å². The van der Waals surface area contributed by atoms with Crippen LogP contribution in [0.2, 0.25) is 0 Å². The van der Waals surface area contributed by atoms with E-state index < -0.39 is 11.0 Å². The van der Waals surface area contributed by atoms with Crippen molar-refractivity contribution in [3.05, 3.63) is 29.8 Å². The molecule has 1 N–H and O–H groups in total. The zero-order chi connectivity index (χ0) is 14.4. The Bertz CT molecular complexity index is 556. The molecule has 3 rings (SSSR count). The molecule has 0 aliphatic carbocycles. The molecule has 20 heavy (non-hydrogen) atoms. The van der Waals surface area contributed by atoms with Gasteiger partial charge < -0.3 is 14.7 Å². The van der Waals surface area contributed by atoms with Gasteiger partial charge in [0.2, 0.25) is 0 Å². The van der Waals surface area contributed by atoms with Crippen LogP contribution in [0.1, 0.15) is 18.9 Å². The van der Waals surface area contributed by atoms with E-state index in [1.165, 1.54) is 0 Å². The molecule has 1 aromatic rings. The quantitative estimate of drug-likeness (QED) is 0.843. The van der Waals surface area contributed by atoms with Crippen LogP contribution < -0.4 is 4.74 Å². The normalized spacial score (nSPS) is 37.0. The monoisotopic (exact) mass is 272 g/mol. The molecule has 0 saturated carbocycles. The maximum atomic E-state index is 11.1. The third kappa shape index (κ3) is 1.81. The van der Waals surface area contributed by atoms with Gasteiger partial charge in [-0.3, -0.25) is 0 Å². The van der Waals surface area contributed by atoms with Gasteiger partial charge in [0.25, 0.3) is 0 Å². The van der Waals surface area contributed by atoms with Crippen LogP contribution in [0.15, 0.2) is 24.3 Å². The molecule has 0 radical (unpaired) electrons. The van der Waals surface area contributed by atoms with Crippen molar-refractivity contribution in [1.82, 2.24) is 4.90 Å². The standard InChI is InChI=1S/C16H20N2O2/c1-12-7-16(19,10-18(12)2)15(9-17)8-13-5-3-4-6-14(13)20-11-15/h3-6,12,19H,7-8,10-11H2,1-2H3. The number of likely N-dealkylation sites (tertiary alicyclic amines) is 1. The minimum atomic E-state index is -1.01. The molecule has 0 aromatic heterocycles. The molecule has 3 unspecified atom stereocenters. The van der Waals surface area contributed by atoms with Crippen molar-refractivity contribution in [3.8, 4) is 11.8 Å². The molecule has 106 valence electrons. The van der Waals surface area contributed by atoms with Gasteiger partial charge in [-0.1, -0.05) is 18.2 Å².